The predicted molar refractivity (Wildman–Crippen MR) is 84.9 cm³/mol. The van der Waals surface area contributed by atoms with Gasteiger partial charge in [0.25, 0.3) is 0 Å². The van der Waals surface area contributed by atoms with Crippen LogP contribution in [0.25, 0.3) is 0 Å². The summed E-state index contributed by atoms with van der Waals surface area (Å²) in [6, 6.07) is 0.285. The topological polar surface area (TPSA) is 71.3 Å². The van der Waals surface area contributed by atoms with E-state index in [1.165, 1.54) is 0 Å². The number of hydrogen-bond donors (Lipinski definition) is 2. The normalized spacial score (nSPS) is 12.3. The van der Waals surface area contributed by atoms with Crippen molar-refractivity contribution in [1.29, 1.82) is 0 Å². The minimum Gasteiger partial charge on any atom is -0.465 e. The van der Waals surface area contributed by atoms with Gasteiger partial charge < -0.3 is 9.73 Å². The Morgan fingerprint density at radius 3 is 2.38 bits per heavy atom. The summed E-state index contributed by atoms with van der Waals surface area (Å²) < 4.78 is 33.2. The van der Waals surface area contributed by atoms with Gasteiger partial charge in [0.05, 0.1) is 0 Å². The number of nitrogens with one attached hydrogen (secondary N) is 2. The molecule has 0 atom stereocenters. The predicted octanol–water partition coefficient (Wildman–Crippen LogP) is 2.86. The maximum absolute atomic E-state index is 12.5. The first-order valence-electron chi connectivity index (χ1n) is 7.61. The molecule has 6 heteroatoms. The van der Waals surface area contributed by atoms with E-state index in [-0.39, 0.29) is 6.04 Å². The van der Waals surface area contributed by atoms with Crippen molar-refractivity contribution >= 4 is 10.0 Å². The first kappa shape index (κ1) is 18.2. The molecule has 21 heavy (non-hydrogen) atoms. The van der Waals surface area contributed by atoms with Gasteiger partial charge in [-0.3, -0.25) is 0 Å². The van der Waals surface area contributed by atoms with Gasteiger partial charge in [0.15, 0.2) is 0 Å². The maximum atomic E-state index is 12.5. The van der Waals surface area contributed by atoms with Crippen LogP contribution in [0, 0.1) is 13.8 Å². The van der Waals surface area contributed by atoms with E-state index in [1.54, 1.807) is 13.8 Å². The van der Waals surface area contributed by atoms with Gasteiger partial charge in [-0.2, -0.15) is 0 Å². The molecule has 0 bridgehead atoms. The van der Waals surface area contributed by atoms with Crippen molar-refractivity contribution in [3.05, 3.63) is 17.1 Å². The average Bonchev–Trinajstić information content (AvgIpc) is 2.67. The summed E-state index contributed by atoms with van der Waals surface area (Å²) in [5, 5.41) is 3.25. The Morgan fingerprint density at radius 2 is 1.81 bits per heavy atom. The van der Waals surface area contributed by atoms with E-state index in [9.17, 15) is 8.42 Å². The van der Waals surface area contributed by atoms with Crippen LogP contribution in [0.1, 0.15) is 57.1 Å². The van der Waals surface area contributed by atoms with Crippen molar-refractivity contribution in [1.82, 2.24) is 10.0 Å². The van der Waals surface area contributed by atoms with Crippen molar-refractivity contribution in [3.63, 3.8) is 0 Å². The Hall–Kier alpha value is -0.850. The summed E-state index contributed by atoms with van der Waals surface area (Å²) in [5.74, 6) is 1.12. The molecule has 0 fully saturated rings. The van der Waals surface area contributed by atoms with E-state index in [1.807, 2.05) is 13.8 Å². The van der Waals surface area contributed by atoms with E-state index in [0.717, 1.165) is 24.8 Å². The summed E-state index contributed by atoms with van der Waals surface area (Å²) in [6.07, 6.45) is 2.94. The maximum Gasteiger partial charge on any atom is 0.244 e. The Balaban J connectivity index is 2.94. The molecule has 1 aromatic heterocycles. The van der Waals surface area contributed by atoms with Crippen molar-refractivity contribution in [3.8, 4) is 0 Å². The van der Waals surface area contributed by atoms with Gasteiger partial charge in [-0.1, -0.05) is 33.6 Å². The third kappa shape index (κ3) is 5.13. The second-order valence-corrected chi connectivity index (χ2v) is 7.37. The van der Waals surface area contributed by atoms with Gasteiger partial charge in [-0.25, -0.2) is 13.1 Å². The van der Waals surface area contributed by atoms with Crippen LogP contribution in [-0.2, 0) is 16.6 Å². The van der Waals surface area contributed by atoms with Crippen LogP contribution in [0.5, 0.6) is 0 Å². The van der Waals surface area contributed by atoms with E-state index < -0.39 is 10.0 Å². The zero-order valence-corrected chi connectivity index (χ0v) is 14.6. The third-order valence-corrected chi connectivity index (χ3v) is 5.01. The molecular formula is C15H28N2O3S. The van der Waals surface area contributed by atoms with E-state index in [2.05, 4.69) is 17.0 Å². The van der Waals surface area contributed by atoms with Crippen molar-refractivity contribution in [2.45, 2.75) is 71.4 Å². The van der Waals surface area contributed by atoms with Crippen molar-refractivity contribution < 1.29 is 12.8 Å². The molecule has 0 saturated carbocycles. The number of hydrogen-bond acceptors (Lipinski definition) is 4. The molecule has 5 nitrogen and oxygen atoms in total. The molecule has 0 aromatic carbocycles. The Bertz CT molecular complexity index is 548. The molecule has 1 aromatic rings. The highest BCUT2D eigenvalue weighted by molar-refractivity contribution is 7.89. The second kappa shape index (κ2) is 7.96. The number of furan rings is 1. The van der Waals surface area contributed by atoms with Gasteiger partial charge in [-0.15, -0.1) is 0 Å². The minimum absolute atomic E-state index is 0.285. The first-order valence-corrected chi connectivity index (χ1v) is 9.09. The number of sulfonamides is 1. The van der Waals surface area contributed by atoms with Crippen molar-refractivity contribution in [2.75, 3.05) is 6.54 Å². The Kier molecular flexibility index (Phi) is 6.90. The van der Waals surface area contributed by atoms with Gasteiger partial charge in [0.1, 0.15) is 16.4 Å². The fourth-order valence-corrected chi connectivity index (χ4v) is 3.74. The number of rotatable bonds is 9. The minimum atomic E-state index is -3.51. The van der Waals surface area contributed by atoms with Crippen LogP contribution in [-0.4, -0.2) is 21.0 Å². The molecule has 0 aliphatic carbocycles. The van der Waals surface area contributed by atoms with Crippen LogP contribution >= 0.6 is 0 Å². The summed E-state index contributed by atoms with van der Waals surface area (Å²) in [7, 11) is -3.51. The molecule has 1 heterocycles. The van der Waals surface area contributed by atoms with Gasteiger partial charge >= 0.3 is 0 Å². The molecule has 2 N–H and O–H groups in total. The monoisotopic (exact) mass is 316 g/mol. The molecule has 0 radical (unpaired) electrons. The SMILES string of the molecule is CCCCCNS(=O)(=O)c1c(C)oc(C)c1CNC(C)C. The van der Waals surface area contributed by atoms with Crippen LogP contribution in [0.3, 0.4) is 0 Å². The number of unbranched alkanes of at least 4 members (excludes halogenated alkanes) is 2. The van der Waals surface area contributed by atoms with Gasteiger partial charge in [0, 0.05) is 24.7 Å². The van der Waals surface area contributed by atoms with Crippen LogP contribution in [0.2, 0.25) is 0 Å². The summed E-state index contributed by atoms with van der Waals surface area (Å²) in [6.45, 7) is 10.6. The first-order chi connectivity index (χ1) is 9.79. The zero-order chi connectivity index (χ0) is 16.0. The highest BCUT2D eigenvalue weighted by atomic mass is 32.2. The summed E-state index contributed by atoms with van der Waals surface area (Å²) in [4.78, 5) is 0.296. The second-order valence-electron chi connectivity index (χ2n) is 5.66. The average molecular weight is 316 g/mol. The molecule has 0 unspecified atom stereocenters. The van der Waals surface area contributed by atoms with Gasteiger partial charge in [0.2, 0.25) is 10.0 Å². The van der Waals surface area contributed by atoms with Crippen LogP contribution < -0.4 is 10.0 Å². The standard InChI is InChI=1S/C15H28N2O3S/c1-6-7-8-9-17-21(18,19)15-13(5)20-12(4)14(15)10-16-11(2)3/h11,16-17H,6-10H2,1-5H3. The fourth-order valence-electron chi connectivity index (χ4n) is 2.23. The molecule has 0 aliphatic rings. The third-order valence-electron chi connectivity index (χ3n) is 3.35. The van der Waals surface area contributed by atoms with Gasteiger partial charge in [-0.05, 0) is 20.3 Å². The van der Waals surface area contributed by atoms with Crippen molar-refractivity contribution in [2.24, 2.45) is 0 Å². The summed E-state index contributed by atoms with van der Waals surface area (Å²) >= 11 is 0. The highest BCUT2D eigenvalue weighted by Crippen LogP contribution is 2.26. The van der Waals surface area contributed by atoms with E-state index in [0.29, 0.717) is 29.5 Å². The quantitative estimate of drug-likeness (QED) is 0.687. The zero-order valence-electron chi connectivity index (χ0n) is 13.7. The molecule has 0 spiro atoms. The summed E-state index contributed by atoms with van der Waals surface area (Å²) in [5.41, 5.74) is 0.726. The largest absolute Gasteiger partial charge is 0.465 e. The van der Waals surface area contributed by atoms with Crippen LogP contribution in [0.4, 0.5) is 0 Å². The lowest BCUT2D eigenvalue weighted by Crippen LogP contribution is -2.28. The highest BCUT2D eigenvalue weighted by Gasteiger charge is 2.26. The van der Waals surface area contributed by atoms with E-state index >= 15 is 0 Å². The molecular weight excluding hydrogens is 288 g/mol. The van der Waals surface area contributed by atoms with Crippen LogP contribution in [0.15, 0.2) is 9.31 Å². The Morgan fingerprint density at radius 1 is 1.14 bits per heavy atom. The lowest BCUT2D eigenvalue weighted by Gasteiger charge is -2.11. The lowest BCUT2D eigenvalue weighted by atomic mass is 10.2. The lowest BCUT2D eigenvalue weighted by molar-refractivity contribution is 0.491. The molecule has 122 valence electrons. The Labute approximate surface area is 128 Å². The molecule has 1 rings (SSSR count). The molecule has 0 amide bonds. The smallest absolute Gasteiger partial charge is 0.244 e. The molecule has 0 saturated heterocycles. The van der Waals surface area contributed by atoms with E-state index in [4.69, 9.17) is 4.42 Å². The fraction of sp³-hybridized carbons (Fsp3) is 0.733. The molecule has 0 aliphatic heterocycles. The number of aryl methyl sites for hydroxylation is 2.